The minimum absolute atomic E-state index is 0.600. The number of anilines is 1. The van der Waals surface area contributed by atoms with Gasteiger partial charge in [-0.2, -0.15) is 0 Å². The van der Waals surface area contributed by atoms with Crippen molar-refractivity contribution in [3.8, 4) is 17.2 Å². The number of hydrogen-bond acceptors (Lipinski definition) is 6. The molecule has 0 radical (unpaired) electrons. The van der Waals surface area contributed by atoms with Crippen LogP contribution in [0.3, 0.4) is 0 Å². The van der Waals surface area contributed by atoms with E-state index >= 15 is 0 Å². The number of nitrogens with zero attached hydrogens (tertiary/aromatic N) is 3. The first-order valence-corrected chi connectivity index (χ1v) is 10.1. The molecule has 1 fully saturated rings. The Kier molecular flexibility index (Phi) is 6.86. The number of thiophene rings is 1. The van der Waals surface area contributed by atoms with Crippen LogP contribution in [0.4, 0.5) is 5.00 Å². The second-order valence-corrected chi connectivity index (χ2v) is 7.29. The largest absolute Gasteiger partial charge is 0.493 e. The number of nitrogens with one attached hydrogen (secondary N) is 1. The Morgan fingerprint density at radius 1 is 1.07 bits per heavy atom. The molecule has 0 unspecified atom stereocenters. The Labute approximate surface area is 170 Å². The summed E-state index contributed by atoms with van der Waals surface area (Å²) < 4.78 is 16.3. The molecular weight excluding hydrogens is 376 g/mol. The quantitative estimate of drug-likeness (QED) is 0.590. The van der Waals surface area contributed by atoms with Gasteiger partial charge in [0, 0.05) is 39.8 Å². The van der Waals surface area contributed by atoms with E-state index in [1.807, 2.05) is 19.2 Å². The lowest BCUT2D eigenvalue weighted by atomic mass is 10.2. The minimum Gasteiger partial charge on any atom is -0.493 e. The maximum Gasteiger partial charge on any atom is 0.203 e. The van der Waals surface area contributed by atoms with Crippen LogP contribution in [-0.4, -0.2) is 65.4 Å². The molecule has 0 bridgehead atoms. The van der Waals surface area contributed by atoms with Crippen LogP contribution >= 0.6 is 11.3 Å². The lowest BCUT2D eigenvalue weighted by Gasteiger charge is -2.37. The van der Waals surface area contributed by atoms with Crippen molar-refractivity contribution in [2.45, 2.75) is 6.54 Å². The lowest BCUT2D eigenvalue weighted by Crippen LogP contribution is -2.52. The molecule has 1 saturated heterocycles. The highest BCUT2D eigenvalue weighted by molar-refractivity contribution is 7.14. The average Bonchev–Trinajstić information content (AvgIpc) is 3.28. The van der Waals surface area contributed by atoms with Gasteiger partial charge in [0.2, 0.25) is 5.75 Å². The van der Waals surface area contributed by atoms with E-state index in [1.54, 1.807) is 32.7 Å². The second-order valence-electron chi connectivity index (χ2n) is 6.36. The number of methoxy groups -OCH3 is 3. The monoisotopic (exact) mass is 404 g/mol. The second kappa shape index (κ2) is 9.54. The van der Waals surface area contributed by atoms with Crippen LogP contribution in [0.2, 0.25) is 0 Å². The summed E-state index contributed by atoms with van der Waals surface area (Å²) in [6.07, 6.45) is 0. The molecule has 8 heteroatoms. The van der Waals surface area contributed by atoms with Crippen LogP contribution in [0, 0.1) is 0 Å². The molecule has 0 atom stereocenters. The van der Waals surface area contributed by atoms with E-state index < -0.39 is 0 Å². The van der Waals surface area contributed by atoms with Crippen LogP contribution in [0.1, 0.15) is 5.56 Å². The van der Waals surface area contributed by atoms with Crippen LogP contribution in [0.25, 0.3) is 0 Å². The molecule has 1 aliphatic rings. The molecule has 28 heavy (non-hydrogen) atoms. The fourth-order valence-electron chi connectivity index (χ4n) is 3.34. The Morgan fingerprint density at radius 2 is 1.75 bits per heavy atom. The highest BCUT2D eigenvalue weighted by Crippen LogP contribution is 2.38. The SMILES string of the molecule is CN=C(NCc1cc(OC)c(OC)c(OC)c1)N1CCN(c2cccs2)CC1. The normalized spacial score (nSPS) is 14.8. The van der Waals surface area contributed by atoms with E-state index in [-0.39, 0.29) is 0 Å². The molecular formula is C20H28N4O3S. The summed E-state index contributed by atoms with van der Waals surface area (Å²) in [6.45, 7) is 4.48. The summed E-state index contributed by atoms with van der Waals surface area (Å²) in [4.78, 5) is 9.18. The van der Waals surface area contributed by atoms with E-state index in [0.29, 0.717) is 23.8 Å². The van der Waals surface area contributed by atoms with Crippen molar-refractivity contribution in [1.82, 2.24) is 10.2 Å². The van der Waals surface area contributed by atoms with Gasteiger partial charge in [-0.25, -0.2) is 0 Å². The average molecular weight is 405 g/mol. The third-order valence-electron chi connectivity index (χ3n) is 4.78. The van der Waals surface area contributed by atoms with Crippen molar-refractivity contribution < 1.29 is 14.2 Å². The number of hydrogen-bond donors (Lipinski definition) is 1. The van der Waals surface area contributed by atoms with Crippen molar-refractivity contribution in [3.63, 3.8) is 0 Å². The lowest BCUT2D eigenvalue weighted by molar-refractivity contribution is 0.323. The maximum atomic E-state index is 5.44. The predicted molar refractivity (Wildman–Crippen MR) is 114 cm³/mol. The van der Waals surface area contributed by atoms with Gasteiger partial charge in [0.1, 0.15) is 0 Å². The molecule has 2 aromatic rings. The summed E-state index contributed by atoms with van der Waals surface area (Å²) in [6, 6.07) is 8.19. The number of ether oxygens (including phenoxy) is 3. The summed E-state index contributed by atoms with van der Waals surface area (Å²) in [7, 11) is 6.68. The van der Waals surface area contributed by atoms with Gasteiger partial charge >= 0.3 is 0 Å². The Balaban J connectivity index is 1.62. The number of piperazine rings is 1. The number of benzene rings is 1. The fraction of sp³-hybridized carbons (Fsp3) is 0.450. The number of rotatable bonds is 6. The van der Waals surface area contributed by atoms with Crippen LogP contribution < -0.4 is 24.4 Å². The molecule has 1 N–H and O–H groups in total. The van der Waals surface area contributed by atoms with Crippen molar-refractivity contribution >= 4 is 22.3 Å². The predicted octanol–water partition coefficient (Wildman–Crippen LogP) is 2.67. The van der Waals surface area contributed by atoms with Crippen LogP contribution in [0.15, 0.2) is 34.6 Å². The number of aliphatic imine (C=N–C) groups is 1. The first-order valence-electron chi connectivity index (χ1n) is 9.23. The van der Waals surface area contributed by atoms with Crippen molar-refractivity contribution in [2.75, 3.05) is 59.5 Å². The minimum atomic E-state index is 0.600. The van der Waals surface area contributed by atoms with Crippen molar-refractivity contribution in [3.05, 3.63) is 35.2 Å². The highest BCUT2D eigenvalue weighted by atomic mass is 32.1. The van der Waals surface area contributed by atoms with Gasteiger partial charge in [-0.15, -0.1) is 11.3 Å². The zero-order chi connectivity index (χ0) is 19.9. The van der Waals surface area contributed by atoms with Gasteiger partial charge in [-0.1, -0.05) is 0 Å². The van der Waals surface area contributed by atoms with Gasteiger partial charge in [0.05, 0.1) is 26.3 Å². The fourth-order valence-corrected chi connectivity index (χ4v) is 4.12. The smallest absolute Gasteiger partial charge is 0.203 e. The van der Waals surface area contributed by atoms with E-state index in [0.717, 1.165) is 37.7 Å². The van der Waals surface area contributed by atoms with Crippen LogP contribution in [-0.2, 0) is 6.54 Å². The molecule has 3 rings (SSSR count). The van der Waals surface area contributed by atoms with Crippen molar-refractivity contribution in [1.29, 1.82) is 0 Å². The Morgan fingerprint density at radius 3 is 2.25 bits per heavy atom. The molecule has 0 spiro atoms. The molecule has 2 heterocycles. The van der Waals surface area contributed by atoms with Gasteiger partial charge in [-0.3, -0.25) is 4.99 Å². The van der Waals surface area contributed by atoms with Crippen molar-refractivity contribution in [2.24, 2.45) is 4.99 Å². The summed E-state index contributed by atoms with van der Waals surface area (Å²) in [5.74, 6) is 2.80. The molecule has 1 aromatic heterocycles. The molecule has 152 valence electrons. The standard InChI is InChI=1S/C20H28N4O3S/c1-21-20(24-9-7-23(8-10-24)18-6-5-11-28-18)22-14-15-12-16(25-2)19(27-4)17(13-15)26-3/h5-6,11-13H,7-10,14H2,1-4H3,(H,21,22). The summed E-state index contributed by atoms with van der Waals surface area (Å²) >= 11 is 1.79. The van der Waals surface area contributed by atoms with E-state index in [1.165, 1.54) is 5.00 Å². The zero-order valence-corrected chi connectivity index (χ0v) is 17.7. The Bertz CT molecular complexity index is 762. The topological polar surface area (TPSA) is 58.6 Å². The molecule has 0 amide bonds. The molecule has 1 aliphatic heterocycles. The summed E-state index contributed by atoms with van der Waals surface area (Å²) in [5.41, 5.74) is 1.04. The van der Waals surface area contributed by atoms with Gasteiger partial charge < -0.3 is 29.3 Å². The molecule has 0 aliphatic carbocycles. The first-order chi connectivity index (χ1) is 13.7. The third-order valence-corrected chi connectivity index (χ3v) is 5.71. The van der Waals surface area contributed by atoms with Gasteiger partial charge in [-0.05, 0) is 35.2 Å². The molecule has 7 nitrogen and oxygen atoms in total. The highest BCUT2D eigenvalue weighted by Gasteiger charge is 2.20. The third kappa shape index (κ3) is 4.44. The number of guanidine groups is 1. The van der Waals surface area contributed by atoms with Crippen LogP contribution in [0.5, 0.6) is 17.2 Å². The van der Waals surface area contributed by atoms with E-state index in [9.17, 15) is 0 Å². The van der Waals surface area contributed by atoms with E-state index in [2.05, 4.69) is 37.6 Å². The Hall–Kier alpha value is -2.61. The van der Waals surface area contributed by atoms with Gasteiger partial charge in [0.15, 0.2) is 17.5 Å². The molecule has 0 saturated carbocycles. The maximum absolute atomic E-state index is 5.44. The first kappa shape index (κ1) is 20.1. The molecule has 1 aromatic carbocycles. The van der Waals surface area contributed by atoms with E-state index in [4.69, 9.17) is 14.2 Å². The van der Waals surface area contributed by atoms with Gasteiger partial charge in [0.25, 0.3) is 0 Å². The summed E-state index contributed by atoms with van der Waals surface area (Å²) in [5, 5.41) is 6.91. The zero-order valence-electron chi connectivity index (χ0n) is 16.9.